The SMILES string of the molecule is CO/N=C(\c1c(F)cccc1Oc1nc(OC)nc(OC)n1)C(F)(F)F. The van der Waals surface area contributed by atoms with Crippen LogP contribution in [0.4, 0.5) is 17.6 Å². The molecule has 0 saturated carbocycles. The molecule has 0 bridgehead atoms. The molecular formula is C14H12F4N4O4. The molecule has 1 heterocycles. The number of nitrogens with zero attached hydrogens (tertiary/aromatic N) is 4. The highest BCUT2D eigenvalue weighted by molar-refractivity contribution is 6.06. The fourth-order valence-corrected chi connectivity index (χ4v) is 1.80. The third-order valence-electron chi connectivity index (χ3n) is 2.80. The van der Waals surface area contributed by atoms with Crippen LogP contribution in [0.2, 0.25) is 0 Å². The zero-order valence-corrected chi connectivity index (χ0v) is 13.7. The molecule has 0 aliphatic heterocycles. The molecule has 0 aliphatic carbocycles. The fraction of sp³-hybridized carbons (Fsp3) is 0.286. The number of hydrogen-bond acceptors (Lipinski definition) is 8. The van der Waals surface area contributed by atoms with Crippen LogP contribution in [-0.4, -0.2) is 48.2 Å². The third kappa shape index (κ3) is 4.26. The van der Waals surface area contributed by atoms with Gasteiger partial charge >= 0.3 is 24.2 Å². The van der Waals surface area contributed by atoms with Gasteiger partial charge < -0.3 is 19.0 Å². The number of ether oxygens (including phenoxy) is 3. The minimum absolute atomic E-state index is 0.216. The van der Waals surface area contributed by atoms with Crippen LogP contribution in [0.15, 0.2) is 23.4 Å². The summed E-state index contributed by atoms with van der Waals surface area (Å²) in [6, 6.07) is 2.13. The summed E-state index contributed by atoms with van der Waals surface area (Å²) in [7, 11) is 3.40. The normalized spacial score (nSPS) is 11.9. The molecule has 2 rings (SSSR count). The quantitative estimate of drug-likeness (QED) is 0.435. The molecule has 12 heteroatoms. The number of benzene rings is 1. The highest BCUT2D eigenvalue weighted by Gasteiger charge is 2.41. The number of aromatic nitrogens is 3. The maximum atomic E-state index is 14.1. The first-order valence-corrected chi connectivity index (χ1v) is 6.79. The molecule has 0 fully saturated rings. The molecule has 2 aromatic rings. The van der Waals surface area contributed by atoms with E-state index in [1.54, 1.807) is 0 Å². The molecule has 1 aromatic heterocycles. The van der Waals surface area contributed by atoms with Crippen molar-refractivity contribution in [2.24, 2.45) is 5.16 Å². The van der Waals surface area contributed by atoms with Gasteiger partial charge in [0, 0.05) is 0 Å². The second-order valence-electron chi connectivity index (χ2n) is 4.43. The highest BCUT2D eigenvalue weighted by Crippen LogP contribution is 2.33. The molecule has 0 saturated heterocycles. The lowest BCUT2D eigenvalue weighted by Crippen LogP contribution is -2.26. The predicted molar refractivity (Wildman–Crippen MR) is 79.0 cm³/mol. The van der Waals surface area contributed by atoms with Crippen molar-refractivity contribution < 1.29 is 36.6 Å². The first kappa shape index (κ1) is 19.1. The van der Waals surface area contributed by atoms with Gasteiger partial charge in [0.05, 0.1) is 19.8 Å². The van der Waals surface area contributed by atoms with Gasteiger partial charge in [0.25, 0.3) is 0 Å². The summed E-state index contributed by atoms with van der Waals surface area (Å²) < 4.78 is 68.6. The van der Waals surface area contributed by atoms with E-state index in [2.05, 4.69) is 24.9 Å². The Morgan fingerprint density at radius 1 is 0.962 bits per heavy atom. The van der Waals surface area contributed by atoms with E-state index in [1.807, 2.05) is 0 Å². The van der Waals surface area contributed by atoms with E-state index >= 15 is 0 Å². The van der Waals surface area contributed by atoms with E-state index in [9.17, 15) is 17.6 Å². The molecular weight excluding hydrogens is 364 g/mol. The van der Waals surface area contributed by atoms with Crippen molar-refractivity contribution in [1.29, 1.82) is 0 Å². The molecule has 140 valence electrons. The average molecular weight is 376 g/mol. The van der Waals surface area contributed by atoms with Crippen LogP contribution < -0.4 is 14.2 Å². The summed E-state index contributed by atoms with van der Waals surface area (Å²) in [5.41, 5.74) is -2.60. The van der Waals surface area contributed by atoms with Crippen molar-refractivity contribution in [3.05, 3.63) is 29.6 Å². The van der Waals surface area contributed by atoms with E-state index in [-0.39, 0.29) is 12.0 Å². The first-order chi connectivity index (χ1) is 12.3. The standard InChI is InChI=1S/C14H12F4N4O4/c1-23-11-19-12(24-2)21-13(20-11)26-8-6-4-5-7(15)9(8)10(22-25-3)14(16,17)18/h4-6H,1-3H3/b22-10+. The Morgan fingerprint density at radius 3 is 2.04 bits per heavy atom. The molecule has 0 unspecified atom stereocenters. The maximum Gasteiger partial charge on any atom is 0.437 e. The van der Waals surface area contributed by atoms with Crippen molar-refractivity contribution in [1.82, 2.24) is 15.0 Å². The van der Waals surface area contributed by atoms with Gasteiger partial charge in [0.1, 0.15) is 18.7 Å². The third-order valence-corrected chi connectivity index (χ3v) is 2.80. The smallest absolute Gasteiger partial charge is 0.437 e. The van der Waals surface area contributed by atoms with Gasteiger partial charge in [-0.15, -0.1) is 15.0 Å². The van der Waals surface area contributed by atoms with Gasteiger partial charge in [-0.05, 0) is 12.1 Å². The van der Waals surface area contributed by atoms with Gasteiger partial charge in [0.2, 0.25) is 0 Å². The number of halogens is 4. The lowest BCUT2D eigenvalue weighted by Gasteiger charge is -2.14. The van der Waals surface area contributed by atoms with Crippen molar-refractivity contribution in [3.8, 4) is 23.8 Å². The van der Waals surface area contributed by atoms with Gasteiger partial charge in [-0.3, -0.25) is 0 Å². The molecule has 0 radical (unpaired) electrons. The molecule has 8 nitrogen and oxygen atoms in total. The Labute approximate surface area is 144 Å². The summed E-state index contributed by atoms with van der Waals surface area (Å²) in [6.45, 7) is 0. The summed E-state index contributed by atoms with van der Waals surface area (Å²) in [4.78, 5) is 15.3. The second-order valence-corrected chi connectivity index (χ2v) is 4.43. The predicted octanol–water partition coefficient (Wildman–Crippen LogP) is 2.73. The number of oxime groups is 1. The van der Waals surface area contributed by atoms with Gasteiger partial charge in [-0.2, -0.15) is 13.2 Å². The fourth-order valence-electron chi connectivity index (χ4n) is 1.80. The van der Waals surface area contributed by atoms with E-state index < -0.39 is 35.0 Å². The van der Waals surface area contributed by atoms with Crippen LogP contribution >= 0.6 is 0 Å². The zero-order chi connectivity index (χ0) is 19.3. The number of hydrogen-bond donors (Lipinski definition) is 0. The van der Waals surface area contributed by atoms with Crippen LogP contribution in [-0.2, 0) is 4.84 Å². The Kier molecular flexibility index (Phi) is 5.75. The largest absolute Gasteiger partial charge is 0.467 e. The van der Waals surface area contributed by atoms with Gasteiger partial charge in [-0.1, -0.05) is 11.2 Å². The zero-order valence-electron chi connectivity index (χ0n) is 13.7. The Hall–Kier alpha value is -3.18. The lowest BCUT2D eigenvalue weighted by molar-refractivity contribution is -0.0610. The minimum Gasteiger partial charge on any atom is -0.467 e. The van der Waals surface area contributed by atoms with E-state index in [0.29, 0.717) is 0 Å². The lowest BCUT2D eigenvalue weighted by atomic mass is 10.1. The second kappa shape index (κ2) is 7.80. The van der Waals surface area contributed by atoms with Crippen LogP contribution in [0.3, 0.4) is 0 Å². The number of rotatable bonds is 6. The van der Waals surface area contributed by atoms with E-state index in [4.69, 9.17) is 14.2 Å². The van der Waals surface area contributed by atoms with Gasteiger partial charge in [-0.25, -0.2) is 4.39 Å². The van der Waals surface area contributed by atoms with Crippen molar-refractivity contribution in [2.45, 2.75) is 6.18 Å². The van der Waals surface area contributed by atoms with Crippen molar-refractivity contribution in [3.63, 3.8) is 0 Å². The van der Waals surface area contributed by atoms with Crippen molar-refractivity contribution >= 4 is 5.71 Å². The van der Waals surface area contributed by atoms with E-state index in [0.717, 1.165) is 25.3 Å². The molecule has 26 heavy (non-hydrogen) atoms. The van der Waals surface area contributed by atoms with Gasteiger partial charge in [0.15, 0.2) is 5.71 Å². The molecule has 0 amide bonds. The topological polar surface area (TPSA) is 88.0 Å². The molecule has 0 spiro atoms. The molecule has 0 atom stereocenters. The average Bonchev–Trinajstić information content (AvgIpc) is 2.59. The number of alkyl halides is 3. The van der Waals surface area contributed by atoms with Crippen LogP contribution in [0, 0.1) is 5.82 Å². The Morgan fingerprint density at radius 2 is 1.54 bits per heavy atom. The first-order valence-electron chi connectivity index (χ1n) is 6.79. The molecule has 0 N–H and O–H groups in total. The van der Waals surface area contributed by atoms with Crippen LogP contribution in [0.1, 0.15) is 5.56 Å². The summed E-state index contributed by atoms with van der Waals surface area (Å²) in [6.07, 6.45) is -5.01. The number of methoxy groups -OCH3 is 2. The Balaban J connectivity index is 2.56. The minimum atomic E-state index is -5.01. The summed E-state index contributed by atoms with van der Waals surface area (Å²) in [5, 5.41) is 2.87. The van der Waals surface area contributed by atoms with Crippen LogP contribution in [0.5, 0.6) is 23.8 Å². The maximum absolute atomic E-state index is 14.1. The summed E-state index contributed by atoms with van der Waals surface area (Å²) in [5.74, 6) is -1.78. The highest BCUT2D eigenvalue weighted by atomic mass is 19.4. The monoisotopic (exact) mass is 376 g/mol. The van der Waals surface area contributed by atoms with Crippen LogP contribution in [0.25, 0.3) is 0 Å². The summed E-state index contributed by atoms with van der Waals surface area (Å²) >= 11 is 0. The Bertz CT molecular complexity index is 792. The van der Waals surface area contributed by atoms with E-state index in [1.165, 1.54) is 14.2 Å². The molecule has 1 aromatic carbocycles. The molecule has 0 aliphatic rings. The van der Waals surface area contributed by atoms with Crippen molar-refractivity contribution in [2.75, 3.05) is 21.3 Å².